The highest BCUT2D eigenvalue weighted by Gasteiger charge is 2.12. The Kier molecular flexibility index (Phi) is 3.74. The fourth-order valence-corrected chi connectivity index (χ4v) is 1.80. The molecule has 0 radical (unpaired) electrons. The first kappa shape index (κ1) is 14.1. The third-order valence-corrected chi connectivity index (χ3v) is 3.06. The van der Waals surface area contributed by atoms with Crippen LogP contribution in [0.2, 0.25) is 0 Å². The van der Waals surface area contributed by atoms with Crippen LogP contribution >= 0.6 is 0 Å². The molecule has 4 N–H and O–H groups in total. The molecule has 0 aliphatic heterocycles. The number of nitrogens with two attached hydrogens (primary N) is 2. The van der Waals surface area contributed by atoms with Crippen LogP contribution in [0.1, 0.15) is 26.3 Å². The lowest BCUT2D eigenvalue weighted by molar-refractivity contribution is 0.590. The molecule has 104 valence electrons. The van der Waals surface area contributed by atoms with E-state index in [1.807, 2.05) is 12.1 Å². The zero-order chi connectivity index (χ0) is 14.8. The second kappa shape index (κ2) is 5.33. The van der Waals surface area contributed by atoms with Crippen LogP contribution in [0, 0.1) is 0 Å². The van der Waals surface area contributed by atoms with Gasteiger partial charge in [-0.1, -0.05) is 32.9 Å². The van der Waals surface area contributed by atoms with E-state index in [9.17, 15) is 0 Å². The highest BCUT2D eigenvalue weighted by Crippen LogP contribution is 2.28. The molecule has 0 heterocycles. The number of nitrogens with zero attached hydrogens (tertiary/aromatic N) is 2. The number of benzene rings is 2. The maximum Gasteiger partial charge on any atom is 0.109 e. The molecule has 0 saturated carbocycles. The van der Waals surface area contributed by atoms with Gasteiger partial charge in [-0.25, -0.2) is 0 Å². The molecule has 0 aromatic heterocycles. The van der Waals surface area contributed by atoms with Crippen LogP contribution in [0.4, 0.5) is 22.7 Å². The Morgan fingerprint density at radius 2 is 1.50 bits per heavy atom. The summed E-state index contributed by atoms with van der Waals surface area (Å²) in [7, 11) is 0. The Labute approximate surface area is 119 Å². The SMILES string of the molecule is CC(C)(C)c1ccc(N=Nc2ccc(N)cc2N)cc1. The lowest BCUT2D eigenvalue weighted by Gasteiger charge is -2.18. The Morgan fingerprint density at radius 1 is 0.850 bits per heavy atom. The topological polar surface area (TPSA) is 76.8 Å². The maximum absolute atomic E-state index is 5.83. The van der Waals surface area contributed by atoms with Crippen LogP contribution in [0.3, 0.4) is 0 Å². The zero-order valence-electron chi connectivity index (χ0n) is 12.1. The smallest absolute Gasteiger partial charge is 0.109 e. The fourth-order valence-electron chi connectivity index (χ4n) is 1.80. The molecule has 0 spiro atoms. The molecule has 2 aromatic rings. The van der Waals surface area contributed by atoms with Gasteiger partial charge in [0, 0.05) is 5.69 Å². The zero-order valence-corrected chi connectivity index (χ0v) is 12.1. The molecular formula is C16H20N4. The molecule has 0 amide bonds. The summed E-state index contributed by atoms with van der Waals surface area (Å²) >= 11 is 0. The molecule has 2 aromatic carbocycles. The van der Waals surface area contributed by atoms with Crippen LogP contribution in [0.5, 0.6) is 0 Å². The van der Waals surface area contributed by atoms with Gasteiger partial charge in [0.2, 0.25) is 0 Å². The van der Waals surface area contributed by atoms with Gasteiger partial charge in [0.15, 0.2) is 0 Å². The quantitative estimate of drug-likeness (QED) is 0.618. The Balaban J connectivity index is 2.19. The minimum absolute atomic E-state index is 0.136. The van der Waals surface area contributed by atoms with Gasteiger partial charge >= 0.3 is 0 Å². The van der Waals surface area contributed by atoms with Crippen molar-refractivity contribution >= 4 is 22.7 Å². The van der Waals surface area contributed by atoms with Crippen molar-refractivity contribution in [2.75, 3.05) is 11.5 Å². The average molecular weight is 268 g/mol. The third kappa shape index (κ3) is 3.35. The summed E-state index contributed by atoms with van der Waals surface area (Å²) < 4.78 is 0. The lowest BCUT2D eigenvalue weighted by Crippen LogP contribution is -2.10. The van der Waals surface area contributed by atoms with E-state index in [1.165, 1.54) is 5.56 Å². The largest absolute Gasteiger partial charge is 0.399 e. The van der Waals surface area contributed by atoms with Gasteiger partial charge in [0.25, 0.3) is 0 Å². The predicted octanol–water partition coefficient (Wildman–Crippen LogP) is 4.56. The minimum Gasteiger partial charge on any atom is -0.399 e. The van der Waals surface area contributed by atoms with Gasteiger partial charge in [-0.15, -0.1) is 5.11 Å². The molecule has 4 nitrogen and oxygen atoms in total. The standard InChI is InChI=1S/C16H20N4/c1-16(2,3)11-4-7-13(8-5-11)19-20-15-9-6-12(17)10-14(15)18/h4-10H,17-18H2,1-3H3. The van der Waals surface area contributed by atoms with Crippen LogP contribution in [0.15, 0.2) is 52.7 Å². The fraction of sp³-hybridized carbons (Fsp3) is 0.250. The summed E-state index contributed by atoms with van der Waals surface area (Å²) in [6, 6.07) is 13.2. The lowest BCUT2D eigenvalue weighted by atomic mass is 9.87. The summed E-state index contributed by atoms with van der Waals surface area (Å²) in [6.07, 6.45) is 0. The van der Waals surface area contributed by atoms with Crippen LogP contribution in [-0.2, 0) is 5.41 Å². The van der Waals surface area contributed by atoms with E-state index in [1.54, 1.807) is 18.2 Å². The molecule has 4 heteroatoms. The van der Waals surface area contributed by atoms with Crippen molar-refractivity contribution in [2.24, 2.45) is 10.2 Å². The van der Waals surface area contributed by atoms with Gasteiger partial charge in [-0.3, -0.25) is 0 Å². The first-order valence-corrected chi connectivity index (χ1v) is 6.53. The molecule has 2 rings (SSSR count). The molecule has 0 aliphatic carbocycles. The van der Waals surface area contributed by atoms with Gasteiger partial charge < -0.3 is 11.5 Å². The first-order valence-electron chi connectivity index (χ1n) is 6.53. The normalized spacial score (nSPS) is 11.9. The van der Waals surface area contributed by atoms with E-state index in [0.717, 1.165) is 5.69 Å². The van der Waals surface area contributed by atoms with Crippen LogP contribution < -0.4 is 11.5 Å². The number of anilines is 2. The third-order valence-electron chi connectivity index (χ3n) is 3.06. The minimum atomic E-state index is 0.136. The summed E-state index contributed by atoms with van der Waals surface area (Å²) in [5, 5.41) is 8.35. The van der Waals surface area contributed by atoms with Crippen LogP contribution in [-0.4, -0.2) is 0 Å². The van der Waals surface area contributed by atoms with Gasteiger partial charge in [0.1, 0.15) is 5.69 Å². The Morgan fingerprint density at radius 3 is 2.05 bits per heavy atom. The van der Waals surface area contributed by atoms with Crippen molar-refractivity contribution in [2.45, 2.75) is 26.2 Å². The van der Waals surface area contributed by atoms with Gasteiger partial charge in [-0.2, -0.15) is 5.11 Å². The number of rotatable bonds is 2. The molecule has 0 aliphatic rings. The highest BCUT2D eigenvalue weighted by molar-refractivity contribution is 5.67. The second-order valence-electron chi connectivity index (χ2n) is 5.82. The summed E-state index contributed by atoms with van der Waals surface area (Å²) in [6.45, 7) is 6.54. The molecular weight excluding hydrogens is 248 g/mol. The number of hydrogen-bond donors (Lipinski definition) is 2. The summed E-state index contributed by atoms with van der Waals surface area (Å²) in [5.41, 5.74) is 15.4. The maximum atomic E-state index is 5.83. The number of nitrogen functional groups attached to an aromatic ring is 2. The number of hydrogen-bond acceptors (Lipinski definition) is 4. The Hall–Kier alpha value is -2.36. The van der Waals surface area contributed by atoms with E-state index in [4.69, 9.17) is 11.5 Å². The molecule has 20 heavy (non-hydrogen) atoms. The number of azo groups is 1. The van der Waals surface area contributed by atoms with Crippen molar-refractivity contribution in [3.8, 4) is 0 Å². The van der Waals surface area contributed by atoms with E-state index in [0.29, 0.717) is 17.1 Å². The van der Waals surface area contributed by atoms with Crippen molar-refractivity contribution in [1.82, 2.24) is 0 Å². The highest BCUT2D eigenvalue weighted by atomic mass is 15.1. The monoisotopic (exact) mass is 268 g/mol. The van der Waals surface area contributed by atoms with E-state index < -0.39 is 0 Å². The van der Waals surface area contributed by atoms with Gasteiger partial charge in [0.05, 0.1) is 11.4 Å². The van der Waals surface area contributed by atoms with Crippen molar-refractivity contribution in [3.63, 3.8) is 0 Å². The van der Waals surface area contributed by atoms with Crippen molar-refractivity contribution < 1.29 is 0 Å². The van der Waals surface area contributed by atoms with Crippen molar-refractivity contribution in [1.29, 1.82) is 0 Å². The Bertz CT molecular complexity index is 622. The molecule has 0 saturated heterocycles. The first-order chi connectivity index (χ1) is 9.36. The average Bonchev–Trinajstić information content (AvgIpc) is 2.37. The molecule has 0 unspecified atom stereocenters. The van der Waals surface area contributed by atoms with Crippen molar-refractivity contribution in [3.05, 3.63) is 48.0 Å². The predicted molar refractivity (Wildman–Crippen MR) is 84.6 cm³/mol. The van der Waals surface area contributed by atoms with E-state index in [2.05, 4.69) is 43.1 Å². The summed E-state index contributed by atoms with van der Waals surface area (Å²) in [5.74, 6) is 0. The van der Waals surface area contributed by atoms with Gasteiger partial charge in [-0.05, 0) is 41.3 Å². The van der Waals surface area contributed by atoms with Crippen LogP contribution in [0.25, 0.3) is 0 Å². The molecule has 0 fully saturated rings. The van der Waals surface area contributed by atoms with E-state index >= 15 is 0 Å². The molecule has 0 atom stereocenters. The second-order valence-corrected chi connectivity index (χ2v) is 5.82. The van der Waals surface area contributed by atoms with E-state index in [-0.39, 0.29) is 5.41 Å². The summed E-state index contributed by atoms with van der Waals surface area (Å²) in [4.78, 5) is 0. The molecule has 0 bridgehead atoms.